The second-order valence-corrected chi connectivity index (χ2v) is 6.67. The fourth-order valence-electron chi connectivity index (χ4n) is 3.53. The SMILES string of the molecule is C=C1C(=O)O[C@H]2C1C[C@@H](OC(C)=O)/C(C)=C/CC[C@@]1(C)O[C@H]21. The maximum absolute atomic E-state index is 11.9. The van der Waals surface area contributed by atoms with Gasteiger partial charge in [-0.25, -0.2) is 4.79 Å². The first kappa shape index (κ1) is 15.3. The fourth-order valence-corrected chi connectivity index (χ4v) is 3.53. The Balaban J connectivity index is 1.91. The van der Waals surface area contributed by atoms with Crippen LogP contribution >= 0.6 is 0 Å². The number of epoxide rings is 1. The minimum atomic E-state index is -0.365. The van der Waals surface area contributed by atoms with Crippen LogP contribution in [0.1, 0.15) is 40.0 Å². The smallest absolute Gasteiger partial charge is 0.334 e. The highest BCUT2D eigenvalue weighted by molar-refractivity contribution is 5.91. The largest absolute Gasteiger partial charge is 0.458 e. The van der Waals surface area contributed by atoms with E-state index in [9.17, 15) is 9.59 Å². The minimum absolute atomic E-state index is 0.0921. The molecule has 2 saturated heterocycles. The Hall–Kier alpha value is -1.62. The molecule has 5 nitrogen and oxygen atoms in total. The van der Waals surface area contributed by atoms with Gasteiger partial charge in [-0.3, -0.25) is 4.79 Å². The fraction of sp³-hybridized carbons (Fsp3) is 0.647. The number of allylic oxidation sites excluding steroid dienone is 1. The Morgan fingerprint density at radius 3 is 2.91 bits per heavy atom. The maximum atomic E-state index is 11.9. The Morgan fingerprint density at radius 2 is 2.23 bits per heavy atom. The second kappa shape index (κ2) is 5.23. The molecule has 2 heterocycles. The molecule has 0 amide bonds. The lowest BCUT2D eigenvalue weighted by molar-refractivity contribution is -0.146. The van der Waals surface area contributed by atoms with Crippen LogP contribution in [-0.2, 0) is 23.8 Å². The Kier molecular flexibility index (Phi) is 3.63. The number of ether oxygens (including phenoxy) is 3. The van der Waals surface area contributed by atoms with Gasteiger partial charge in [0.1, 0.15) is 18.3 Å². The summed E-state index contributed by atoms with van der Waals surface area (Å²) in [6, 6.07) is 0. The van der Waals surface area contributed by atoms with E-state index in [-0.39, 0.29) is 41.8 Å². The van der Waals surface area contributed by atoms with E-state index in [1.54, 1.807) is 0 Å². The number of hydrogen-bond donors (Lipinski definition) is 0. The van der Waals surface area contributed by atoms with Crippen molar-refractivity contribution in [3.8, 4) is 0 Å². The van der Waals surface area contributed by atoms with Crippen molar-refractivity contribution in [1.82, 2.24) is 0 Å². The average Bonchev–Trinajstić information content (AvgIpc) is 3.02. The normalized spacial score (nSPS) is 43.3. The number of esters is 2. The molecule has 1 aliphatic carbocycles. The molecule has 120 valence electrons. The number of rotatable bonds is 1. The molecule has 3 aliphatic rings. The molecule has 5 atom stereocenters. The van der Waals surface area contributed by atoms with Crippen LogP contribution in [0.2, 0.25) is 0 Å². The number of carbonyl (C=O) groups is 2. The topological polar surface area (TPSA) is 65.1 Å². The molecule has 0 aromatic carbocycles. The van der Waals surface area contributed by atoms with E-state index in [4.69, 9.17) is 14.2 Å². The molecule has 3 rings (SSSR count). The van der Waals surface area contributed by atoms with Crippen LogP contribution in [-0.4, -0.2) is 35.9 Å². The zero-order valence-electron chi connectivity index (χ0n) is 13.3. The highest BCUT2D eigenvalue weighted by atomic mass is 16.6. The van der Waals surface area contributed by atoms with Crippen LogP contribution in [0.5, 0.6) is 0 Å². The summed E-state index contributed by atoms with van der Waals surface area (Å²) >= 11 is 0. The van der Waals surface area contributed by atoms with Gasteiger partial charge in [0.15, 0.2) is 0 Å². The van der Waals surface area contributed by atoms with Crippen LogP contribution in [0.3, 0.4) is 0 Å². The number of hydrogen-bond acceptors (Lipinski definition) is 5. The average molecular weight is 306 g/mol. The quantitative estimate of drug-likeness (QED) is 0.322. The monoisotopic (exact) mass is 306 g/mol. The molecular weight excluding hydrogens is 284 g/mol. The van der Waals surface area contributed by atoms with Gasteiger partial charge in [-0.15, -0.1) is 0 Å². The lowest BCUT2D eigenvalue weighted by Crippen LogP contribution is -2.32. The van der Waals surface area contributed by atoms with Crippen molar-refractivity contribution < 1.29 is 23.8 Å². The van der Waals surface area contributed by atoms with E-state index in [1.165, 1.54) is 6.92 Å². The number of carbonyl (C=O) groups excluding carboxylic acids is 2. The molecule has 2 fully saturated rings. The zero-order chi connectivity index (χ0) is 16.1. The molecule has 0 radical (unpaired) electrons. The highest BCUT2D eigenvalue weighted by Crippen LogP contribution is 2.50. The van der Waals surface area contributed by atoms with E-state index < -0.39 is 0 Å². The van der Waals surface area contributed by atoms with Crippen LogP contribution in [0.15, 0.2) is 23.8 Å². The molecule has 5 heteroatoms. The first-order valence-corrected chi connectivity index (χ1v) is 7.73. The first-order chi connectivity index (χ1) is 10.3. The summed E-state index contributed by atoms with van der Waals surface area (Å²) in [6.07, 6.45) is 3.54. The van der Waals surface area contributed by atoms with Crippen molar-refractivity contribution in [3.05, 3.63) is 23.8 Å². The lowest BCUT2D eigenvalue weighted by Gasteiger charge is -2.25. The summed E-state index contributed by atoms with van der Waals surface area (Å²) < 4.78 is 16.8. The van der Waals surface area contributed by atoms with Crippen molar-refractivity contribution >= 4 is 11.9 Å². The van der Waals surface area contributed by atoms with Gasteiger partial charge < -0.3 is 14.2 Å². The van der Waals surface area contributed by atoms with Crippen LogP contribution in [0.4, 0.5) is 0 Å². The third kappa shape index (κ3) is 2.58. The molecule has 22 heavy (non-hydrogen) atoms. The van der Waals surface area contributed by atoms with E-state index in [1.807, 2.05) is 6.92 Å². The molecule has 0 aromatic rings. The van der Waals surface area contributed by atoms with Gasteiger partial charge in [0.05, 0.1) is 5.60 Å². The molecule has 1 unspecified atom stereocenters. The maximum Gasteiger partial charge on any atom is 0.334 e. The Bertz CT molecular complexity index is 563. The van der Waals surface area contributed by atoms with Crippen molar-refractivity contribution in [2.75, 3.05) is 0 Å². The summed E-state index contributed by atoms with van der Waals surface area (Å²) in [5.41, 5.74) is 1.22. The third-order valence-corrected chi connectivity index (χ3v) is 4.98. The molecule has 2 aliphatic heterocycles. The standard InChI is InChI=1S/C17H22O5/c1-9-6-5-7-17(4)15(22-17)14-12(10(2)16(19)21-14)8-13(9)20-11(3)18/h6,12-15H,2,5,7-8H2,1,3-4H3/b9-6+/t12?,13-,14+,15-,17-/m1/s1. The predicted molar refractivity (Wildman–Crippen MR) is 79.0 cm³/mol. The van der Waals surface area contributed by atoms with Gasteiger partial charge in [-0.2, -0.15) is 0 Å². The molecule has 0 N–H and O–H groups in total. The van der Waals surface area contributed by atoms with Gasteiger partial charge in [-0.05, 0) is 38.7 Å². The van der Waals surface area contributed by atoms with Gasteiger partial charge in [-0.1, -0.05) is 12.7 Å². The van der Waals surface area contributed by atoms with Crippen molar-refractivity contribution in [2.24, 2.45) is 5.92 Å². The minimum Gasteiger partial charge on any atom is -0.458 e. The van der Waals surface area contributed by atoms with E-state index in [0.29, 0.717) is 12.0 Å². The lowest BCUT2D eigenvalue weighted by atomic mass is 9.83. The van der Waals surface area contributed by atoms with Crippen molar-refractivity contribution in [1.29, 1.82) is 0 Å². The summed E-state index contributed by atoms with van der Waals surface area (Å²) in [5.74, 6) is -0.866. The molecule has 0 bridgehead atoms. The molecule has 0 saturated carbocycles. The summed E-state index contributed by atoms with van der Waals surface area (Å²) in [7, 11) is 0. The molecular formula is C17H22O5. The van der Waals surface area contributed by atoms with E-state index in [2.05, 4.69) is 19.6 Å². The molecule has 0 aromatic heterocycles. The Morgan fingerprint density at radius 1 is 1.50 bits per heavy atom. The second-order valence-electron chi connectivity index (χ2n) is 6.67. The van der Waals surface area contributed by atoms with Gasteiger partial charge in [0.2, 0.25) is 0 Å². The van der Waals surface area contributed by atoms with Crippen LogP contribution in [0, 0.1) is 5.92 Å². The van der Waals surface area contributed by atoms with Gasteiger partial charge >= 0.3 is 11.9 Å². The summed E-state index contributed by atoms with van der Waals surface area (Å²) in [5, 5.41) is 0. The predicted octanol–water partition coefficient (Wildman–Crippen LogP) is 2.30. The van der Waals surface area contributed by atoms with Crippen molar-refractivity contribution in [2.45, 2.75) is 63.9 Å². The van der Waals surface area contributed by atoms with E-state index in [0.717, 1.165) is 18.4 Å². The third-order valence-electron chi connectivity index (χ3n) is 4.98. The van der Waals surface area contributed by atoms with Gasteiger partial charge in [0.25, 0.3) is 0 Å². The zero-order valence-corrected chi connectivity index (χ0v) is 13.3. The van der Waals surface area contributed by atoms with E-state index >= 15 is 0 Å². The highest BCUT2D eigenvalue weighted by Gasteiger charge is 2.61. The van der Waals surface area contributed by atoms with Gasteiger partial charge in [0, 0.05) is 18.4 Å². The summed E-state index contributed by atoms with van der Waals surface area (Å²) in [4.78, 5) is 23.3. The molecule has 0 spiro atoms. The van der Waals surface area contributed by atoms with Crippen molar-refractivity contribution in [3.63, 3.8) is 0 Å². The van der Waals surface area contributed by atoms with Crippen LogP contribution in [0.25, 0.3) is 0 Å². The van der Waals surface area contributed by atoms with Crippen LogP contribution < -0.4 is 0 Å². The first-order valence-electron chi connectivity index (χ1n) is 7.73. The number of fused-ring (bicyclic) bond motifs is 3. The Labute approximate surface area is 130 Å². The summed E-state index contributed by atoms with van der Waals surface area (Å²) in [6.45, 7) is 9.28.